The summed E-state index contributed by atoms with van der Waals surface area (Å²) in [6.45, 7) is 3.10. The highest BCUT2D eigenvalue weighted by Crippen LogP contribution is 2.29. The van der Waals surface area contributed by atoms with E-state index in [1.54, 1.807) is 19.1 Å². The molecule has 0 radical (unpaired) electrons. The molecule has 3 atom stereocenters. The third kappa shape index (κ3) is 5.41. The molecule has 1 unspecified atom stereocenters. The standard InChI is InChI=1S/C13H16N2O3.C9H11NO/c14-13(15)8-2-1-3-9(6-8)18-11-7-17-10-4-5-16-12(10)11;1-7(10)9-4-2-8(6-11)3-5-9/h1-3,6,10-12H,4-5,7H2,(H3,14,15);2-5,10-11H,6H2,1H3/t10-,11?,12+;/m1./s1. The van der Waals surface area contributed by atoms with Crippen LogP contribution < -0.4 is 10.5 Å². The molecule has 2 aromatic rings. The summed E-state index contributed by atoms with van der Waals surface area (Å²) in [7, 11) is 0. The van der Waals surface area contributed by atoms with Gasteiger partial charge < -0.3 is 30.5 Å². The molecule has 4 rings (SSSR count). The molecule has 7 nitrogen and oxygen atoms in total. The highest BCUT2D eigenvalue weighted by Gasteiger charge is 2.43. The summed E-state index contributed by atoms with van der Waals surface area (Å²) in [4.78, 5) is 0. The lowest BCUT2D eigenvalue weighted by Gasteiger charge is -2.18. The maximum Gasteiger partial charge on any atom is 0.150 e. The average Bonchev–Trinajstić information content (AvgIpc) is 3.34. The van der Waals surface area contributed by atoms with Crippen LogP contribution in [0.15, 0.2) is 48.5 Å². The Balaban J connectivity index is 0.000000188. The summed E-state index contributed by atoms with van der Waals surface area (Å²) in [6, 6.07) is 14.6. The van der Waals surface area contributed by atoms with E-state index in [1.807, 2.05) is 36.4 Å². The molecule has 0 amide bonds. The Hall–Kier alpha value is -2.74. The highest BCUT2D eigenvalue weighted by atomic mass is 16.6. The molecular formula is C22H27N3O4. The topological polar surface area (TPSA) is 122 Å². The normalized spacial score (nSPS) is 22.3. The van der Waals surface area contributed by atoms with Crippen LogP contribution in [0.25, 0.3) is 0 Å². The lowest BCUT2D eigenvalue weighted by molar-refractivity contribution is 0.0308. The number of nitrogen functional groups attached to an aromatic ring is 1. The third-order valence-electron chi connectivity index (χ3n) is 4.92. The Morgan fingerprint density at radius 1 is 1.14 bits per heavy atom. The number of nitrogens with two attached hydrogens (primary N) is 1. The highest BCUT2D eigenvalue weighted by molar-refractivity contribution is 5.96. The van der Waals surface area contributed by atoms with Crippen molar-refractivity contribution in [2.75, 3.05) is 13.2 Å². The van der Waals surface area contributed by atoms with Crippen LogP contribution in [0.4, 0.5) is 0 Å². The Labute approximate surface area is 170 Å². The summed E-state index contributed by atoms with van der Waals surface area (Å²) < 4.78 is 17.1. The number of fused-ring (bicyclic) bond motifs is 1. The van der Waals surface area contributed by atoms with Crippen LogP contribution in [0.3, 0.4) is 0 Å². The number of rotatable bonds is 5. The molecule has 5 N–H and O–H groups in total. The molecule has 0 aromatic heterocycles. The van der Waals surface area contributed by atoms with Gasteiger partial charge in [0.25, 0.3) is 0 Å². The molecule has 2 fully saturated rings. The monoisotopic (exact) mass is 397 g/mol. The molecule has 154 valence electrons. The smallest absolute Gasteiger partial charge is 0.150 e. The second-order valence-electron chi connectivity index (χ2n) is 7.07. The number of amidine groups is 1. The van der Waals surface area contributed by atoms with Gasteiger partial charge in [-0.3, -0.25) is 5.41 Å². The number of aliphatic hydroxyl groups is 1. The third-order valence-corrected chi connectivity index (χ3v) is 4.92. The molecule has 2 aliphatic rings. The summed E-state index contributed by atoms with van der Waals surface area (Å²) in [5.41, 5.74) is 8.46. The number of hydrogen-bond donors (Lipinski definition) is 4. The quantitative estimate of drug-likeness (QED) is 0.456. The fourth-order valence-corrected chi connectivity index (χ4v) is 3.30. The van der Waals surface area contributed by atoms with Crippen molar-refractivity contribution >= 4 is 11.5 Å². The zero-order valence-electron chi connectivity index (χ0n) is 16.4. The molecule has 0 aliphatic carbocycles. The van der Waals surface area contributed by atoms with Crippen LogP contribution in [0.1, 0.15) is 30.0 Å². The van der Waals surface area contributed by atoms with E-state index in [1.165, 1.54) is 0 Å². The van der Waals surface area contributed by atoms with Gasteiger partial charge in [0.2, 0.25) is 0 Å². The molecule has 7 heteroatoms. The average molecular weight is 397 g/mol. The number of aliphatic hydroxyl groups excluding tert-OH is 1. The van der Waals surface area contributed by atoms with Crippen molar-refractivity contribution in [3.8, 4) is 5.75 Å². The van der Waals surface area contributed by atoms with Crippen LogP contribution in [0.5, 0.6) is 5.75 Å². The van der Waals surface area contributed by atoms with Gasteiger partial charge in [0.15, 0.2) is 6.10 Å². The van der Waals surface area contributed by atoms with Gasteiger partial charge in [-0.2, -0.15) is 0 Å². The fourth-order valence-electron chi connectivity index (χ4n) is 3.30. The minimum Gasteiger partial charge on any atom is -0.485 e. The Bertz CT molecular complexity index is 853. The van der Waals surface area contributed by atoms with Crippen LogP contribution in [0, 0.1) is 10.8 Å². The van der Waals surface area contributed by atoms with Gasteiger partial charge >= 0.3 is 0 Å². The Kier molecular flexibility index (Phi) is 6.98. The van der Waals surface area contributed by atoms with E-state index < -0.39 is 0 Å². The molecule has 0 spiro atoms. The van der Waals surface area contributed by atoms with E-state index in [0.717, 1.165) is 24.2 Å². The minimum atomic E-state index is -0.0697. The van der Waals surface area contributed by atoms with Crippen molar-refractivity contribution in [1.82, 2.24) is 0 Å². The van der Waals surface area contributed by atoms with Gasteiger partial charge in [-0.05, 0) is 36.6 Å². The number of ether oxygens (including phenoxy) is 3. The minimum absolute atomic E-state index is 0.0333. The Morgan fingerprint density at radius 3 is 2.55 bits per heavy atom. The lowest BCUT2D eigenvalue weighted by atomic mass is 10.1. The zero-order chi connectivity index (χ0) is 20.8. The van der Waals surface area contributed by atoms with E-state index >= 15 is 0 Å². The molecule has 29 heavy (non-hydrogen) atoms. The summed E-state index contributed by atoms with van der Waals surface area (Å²) in [6.07, 6.45) is 1.08. The maximum absolute atomic E-state index is 8.71. The first-order valence-electron chi connectivity index (χ1n) is 9.57. The van der Waals surface area contributed by atoms with Crippen molar-refractivity contribution in [3.63, 3.8) is 0 Å². The summed E-state index contributed by atoms with van der Waals surface area (Å²) in [5.74, 6) is 0.741. The second-order valence-corrected chi connectivity index (χ2v) is 7.07. The number of nitrogens with one attached hydrogen (secondary N) is 2. The molecular weight excluding hydrogens is 370 g/mol. The van der Waals surface area contributed by atoms with Crippen LogP contribution in [0.2, 0.25) is 0 Å². The molecule has 2 heterocycles. The van der Waals surface area contributed by atoms with E-state index in [9.17, 15) is 0 Å². The van der Waals surface area contributed by atoms with Crippen LogP contribution in [-0.4, -0.2) is 48.2 Å². The summed E-state index contributed by atoms with van der Waals surface area (Å²) in [5, 5.41) is 23.4. The SMILES string of the molecule is CC(=N)c1ccc(CO)cc1.N=C(N)c1cccc(OC2CO[C@@H]3CCO[C@H]23)c1. The van der Waals surface area contributed by atoms with Crippen LogP contribution in [-0.2, 0) is 16.1 Å². The van der Waals surface area contributed by atoms with Gasteiger partial charge in [-0.1, -0.05) is 36.4 Å². The van der Waals surface area contributed by atoms with Crippen molar-refractivity contribution in [2.24, 2.45) is 5.73 Å². The first kappa shape index (κ1) is 21.0. The molecule has 0 bridgehead atoms. The van der Waals surface area contributed by atoms with Gasteiger partial charge in [-0.25, -0.2) is 0 Å². The lowest BCUT2D eigenvalue weighted by Crippen LogP contribution is -2.32. The number of benzene rings is 2. The zero-order valence-corrected chi connectivity index (χ0v) is 16.4. The fraction of sp³-hybridized carbons (Fsp3) is 0.364. The first-order chi connectivity index (χ1) is 14.0. The predicted octanol–water partition coefficient (Wildman–Crippen LogP) is 2.47. The van der Waals surface area contributed by atoms with Crippen molar-refractivity contribution in [1.29, 1.82) is 10.8 Å². The summed E-state index contributed by atoms with van der Waals surface area (Å²) >= 11 is 0. The van der Waals surface area contributed by atoms with Gasteiger partial charge in [0, 0.05) is 17.9 Å². The van der Waals surface area contributed by atoms with E-state index in [-0.39, 0.29) is 30.8 Å². The molecule has 2 saturated heterocycles. The molecule has 2 aliphatic heterocycles. The molecule has 2 aromatic carbocycles. The van der Waals surface area contributed by atoms with Crippen molar-refractivity contribution < 1.29 is 19.3 Å². The predicted molar refractivity (Wildman–Crippen MR) is 111 cm³/mol. The maximum atomic E-state index is 8.71. The van der Waals surface area contributed by atoms with Gasteiger partial charge in [0.05, 0.1) is 19.3 Å². The Morgan fingerprint density at radius 2 is 1.90 bits per heavy atom. The van der Waals surface area contributed by atoms with Gasteiger partial charge in [-0.15, -0.1) is 0 Å². The van der Waals surface area contributed by atoms with E-state index in [2.05, 4.69) is 0 Å². The first-order valence-corrected chi connectivity index (χ1v) is 9.57. The van der Waals surface area contributed by atoms with E-state index in [4.69, 9.17) is 35.9 Å². The van der Waals surface area contributed by atoms with Gasteiger partial charge in [0.1, 0.15) is 17.7 Å². The van der Waals surface area contributed by atoms with Crippen LogP contribution >= 0.6 is 0 Å². The van der Waals surface area contributed by atoms with Crippen molar-refractivity contribution in [3.05, 3.63) is 65.2 Å². The second kappa shape index (κ2) is 9.65. The largest absolute Gasteiger partial charge is 0.485 e. The van der Waals surface area contributed by atoms with E-state index in [0.29, 0.717) is 23.6 Å². The number of hydrogen-bond acceptors (Lipinski definition) is 6. The van der Waals surface area contributed by atoms with Crippen molar-refractivity contribution in [2.45, 2.75) is 38.3 Å². The molecule has 0 saturated carbocycles.